The van der Waals surface area contributed by atoms with E-state index in [4.69, 9.17) is 9.72 Å². The number of ether oxygens (including phenoxy) is 1. The van der Waals surface area contributed by atoms with Gasteiger partial charge >= 0.3 is 12.1 Å². The molecule has 2 aromatic rings. The van der Waals surface area contributed by atoms with Crippen LogP contribution in [0.15, 0.2) is 24.4 Å². The molecule has 1 atom stereocenters. The maximum atomic E-state index is 12.9. The van der Waals surface area contributed by atoms with Crippen LogP contribution in [-0.4, -0.2) is 76.4 Å². The molecule has 0 amide bonds. The Hall–Kier alpha value is -2.99. The highest BCUT2D eigenvalue weighted by atomic mass is 19.4. The van der Waals surface area contributed by atoms with Gasteiger partial charge in [-0.3, -0.25) is 0 Å². The number of hydrogen-bond acceptors (Lipinski definition) is 8. The summed E-state index contributed by atoms with van der Waals surface area (Å²) in [7, 11) is 0. The number of carboxylic acids is 1. The third kappa shape index (κ3) is 9.43. The van der Waals surface area contributed by atoms with Crippen molar-refractivity contribution >= 4 is 17.6 Å². The van der Waals surface area contributed by atoms with Gasteiger partial charge in [0.1, 0.15) is 17.7 Å². The molecule has 3 N–H and O–H groups in total. The van der Waals surface area contributed by atoms with E-state index in [0.29, 0.717) is 26.3 Å². The Labute approximate surface area is 214 Å². The van der Waals surface area contributed by atoms with E-state index in [2.05, 4.69) is 37.6 Å². The van der Waals surface area contributed by atoms with E-state index >= 15 is 0 Å². The van der Waals surface area contributed by atoms with Crippen molar-refractivity contribution in [1.82, 2.24) is 19.9 Å². The zero-order valence-corrected chi connectivity index (χ0v) is 21.1. The summed E-state index contributed by atoms with van der Waals surface area (Å²) >= 11 is 0. The summed E-state index contributed by atoms with van der Waals surface area (Å²) in [5, 5.41) is 15.6. The van der Waals surface area contributed by atoms with Gasteiger partial charge in [0, 0.05) is 38.1 Å². The average molecular weight is 525 g/mol. The highest BCUT2D eigenvalue weighted by molar-refractivity contribution is 5.76. The molecule has 37 heavy (non-hydrogen) atoms. The molecule has 2 aromatic heterocycles. The van der Waals surface area contributed by atoms with Crippen LogP contribution in [0.2, 0.25) is 0 Å². The molecule has 3 rings (SSSR count). The Morgan fingerprint density at radius 1 is 1.22 bits per heavy atom. The fourth-order valence-electron chi connectivity index (χ4n) is 4.15. The molecular formula is C25H35F3N6O3. The minimum atomic E-state index is -4.71. The highest BCUT2D eigenvalue weighted by Crippen LogP contribution is 2.26. The van der Waals surface area contributed by atoms with Crippen molar-refractivity contribution in [2.75, 3.05) is 50.0 Å². The first-order chi connectivity index (χ1) is 17.8. The second-order valence-corrected chi connectivity index (χ2v) is 8.92. The van der Waals surface area contributed by atoms with Gasteiger partial charge in [0.2, 0.25) is 5.82 Å². The van der Waals surface area contributed by atoms with E-state index in [9.17, 15) is 23.1 Å². The Morgan fingerprint density at radius 3 is 2.81 bits per heavy atom. The Morgan fingerprint density at radius 2 is 2.05 bits per heavy atom. The monoisotopic (exact) mass is 524 g/mol. The molecular weight excluding hydrogens is 489 g/mol. The summed E-state index contributed by atoms with van der Waals surface area (Å²) < 4.78 is 44.2. The topological polar surface area (TPSA) is 113 Å². The van der Waals surface area contributed by atoms with Crippen LogP contribution in [0, 0.1) is 0 Å². The van der Waals surface area contributed by atoms with Gasteiger partial charge in [-0.05, 0) is 69.7 Å². The number of aromatic nitrogens is 3. The lowest BCUT2D eigenvalue weighted by Crippen LogP contribution is -2.37. The zero-order valence-electron chi connectivity index (χ0n) is 21.1. The number of nitrogens with zero attached hydrogens (tertiary/aromatic N) is 4. The van der Waals surface area contributed by atoms with Crippen LogP contribution < -0.4 is 10.6 Å². The van der Waals surface area contributed by atoms with Gasteiger partial charge in [0.25, 0.3) is 0 Å². The van der Waals surface area contributed by atoms with Crippen LogP contribution in [0.4, 0.5) is 24.8 Å². The number of halogens is 3. The number of anilines is 2. The lowest BCUT2D eigenvalue weighted by molar-refractivity contribution is -0.144. The maximum Gasteiger partial charge on any atom is 0.451 e. The van der Waals surface area contributed by atoms with Gasteiger partial charge in [-0.25, -0.2) is 19.7 Å². The van der Waals surface area contributed by atoms with E-state index in [1.165, 1.54) is 11.6 Å². The largest absolute Gasteiger partial charge is 0.480 e. The van der Waals surface area contributed by atoms with Crippen LogP contribution in [0.3, 0.4) is 0 Å². The van der Waals surface area contributed by atoms with Crippen LogP contribution in [0.25, 0.3) is 0 Å². The number of carboxylic acid groups (broad SMARTS) is 1. The van der Waals surface area contributed by atoms with Crippen molar-refractivity contribution in [2.45, 2.75) is 57.7 Å². The fourth-order valence-corrected chi connectivity index (χ4v) is 4.15. The summed E-state index contributed by atoms with van der Waals surface area (Å²) in [5.74, 6) is -1.67. The molecule has 0 bridgehead atoms. The molecule has 0 fully saturated rings. The van der Waals surface area contributed by atoms with Crippen molar-refractivity contribution < 1.29 is 27.8 Å². The molecule has 1 unspecified atom stereocenters. The summed E-state index contributed by atoms with van der Waals surface area (Å²) in [6.45, 7) is 5.77. The average Bonchev–Trinajstić information content (AvgIpc) is 2.88. The van der Waals surface area contributed by atoms with Gasteiger partial charge < -0.3 is 25.4 Å². The zero-order chi connectivity index (χ0) is 26.7. The first-order valence-electron chi connectivity index (χ1n) is 12.7. The van der Waals surface area contributed by atoms with Gasteiger partial charge in [-0.1, -0.05) is 6.07 Å². The minimum absolute atomic E-state index is 0.178. The Bertz CT molecular complexity index is 1010. The first-order valence-corrected chi connectivity index (χ1v) is 12.7. The lowest BCUT2D eigenvalue weighted by Gasteiger charge is -2.24. The van der Waals surface area contributed by atoms with Crippen LogP contribution in [-0.2, 0) is 28.5 Å². The van der Waals surface area contributed by atoms with Gasteiger partial charge in [-0.15, -0.1) is 0 Å². The summed E-state index contributed by atoms with van der Waals surface area (Å²) in [6, 6.07) is 4.35. The molecule has 1 aliphatic rings. The Kier molecular flexibility index (Phi) is 10.9. The van der Waals surface area contributed by atoms with E-state index in [1.54, 1.807) is 0 Å². The molecule has 0 aliphatic carbocycles. The summed E-state index contributed by atoms with van der Waals surface area (Å²) in [6.07, 6.45) is 1.28. The smallest absolute Gasteiger partial charge is 0.451 e. The van der Waals surface area contributed by atoms with E-state index in [-0.39, 0.29) is 12.2 Å². The molecule has 0 radical (unpaired) electrons. The van der Waals surface area contributed by atoms with Crippen molar-refractivity contribution in [3.8, 4) is 0 Å². The SMILES string of the molecule is CCOCCN(CCCCc1ccc2c(n1)NCCC2)CCC(Nc1ccnc(C(F)(F)F)n1)C(=O)O. The van der Waals surface area contributed by atoms with Crippen LogP contribution >= 0.6 is 0 Å². The molecule has 204 valence electrons. The number of aryl methyl sites for hydroxylation is 2. The van der Waals surface area contributed by atoms with Crippen molar-refractivity contribution in [1.29, 1.82) is 0 Å². The van der Waals surface area contributed by atoms with Gasteiger partial charge in [0.05, 0.1) is 6.61 Å². The normalized spacial score (nSPS) is 14.2. The van der Waals surface area contributed by atoms with E-state index < -0.39 is 24.0 Å². The number of rotatable bonds is 15. The summed E-state index contributed by atoms with van der Waals surface area (Å²) in [4.78, 5) is 25.3. The second-order valence-electron chi connectivity index (χ2n) is 8.92. The number of hydrogen-bond donors (Lipinski definition) is 3. The van der Waals surface area contributed by atoms with E-state index in [0.717, 1.165) is 62.9 Å². The number of nitrogens with one attached hydrogen (secondary N) is 2. The second kappa shape index (κ2) is 14.1. The number of aliphatic carboxylic acids is 1. The van der Waals surface area contributed by atoms with E-state index in [1.807, 2.05) is 6.92 Å². The number of pyridine rings is 1. The molecule has 0 aromatic carbocycles. The maximum absolute atomic E-state index is 12.9. The summed E-state index contributed by atoms with van der Waals surface area (Å²) in [5.41, 5.74) is 2.31. The number of carbonyl (C=O) groups is 1. The minimum Gasteiger partial charge on any atom is -0.480 e. The first kappa shape index (κ1) is 28.6. The Balaban J connectivity index is 1.51. The molecule has 1 aliphatic heterocycles. The molecule has 12 heteroatoms. The predicted molar refractivity (Wildman–Crippen MR) is 134 cm³/mol. The fraction of sp³-hybridized carbons (Fsp3) is 0.600. The molecule has 0 saturated heterocycles. The third-order valence-electron chi connectivity index (χ3n) is 6.13. The molecule has 0 spiro atoms. The molecule has 0 saturated carbocycles. The van der Waals surface area contributed by atoms with Crippen LogP contribution in [0.1, 0.15) is 49.7 Å². The van der Waals surface area contributed by atoms with Crippen molar-refractivity contribution in [3.05, 3.63) is 41.5 Å². The van der Waals surface area contributed by atoms with Crippen molar-refractivity contribution in [3.63, 3.8) is 0 Å². The molecule has 3 heterocycles. The van der Waals surface area contributed by atoms with Gasteiger partial charge in [-0.2, -0.15) is 13.2 Å². The number of alkyl halides is 3. The lowest BCUT2D eigenvalue weighted by atomic mass is 10.1. The van der Waals surface area contributed by atoms with Crippen molar-refractivity contribution in [2.24, 2.45) is 0 Å². The highest BCUT2D eigenvalue weighted by Gasteiger charge is 2.35. The third-order valence-corrected chi connectivity index (χ3v) is 6.13. The number of unbranched alkanes of at least 4 members (excludes halogenated alkanes) is 1. The number of fused-ring (bicyclic) bond motifs is 1. The standard InChI is InChI=1S/C25H35F3N6O3/c1-2-37-17-16-34(14-4-3-7-19-9-8-18-6-5-12-29-22(18)31-19)15-11-20(23(35)36)32-21-10-13-30-24(33-21)25(26,27)28/h8-10,13,20H,2-7,11-12,14-17H2,1H3,(H,29,31)(H,35,36)(H,30,32,33). The quantitative estimate of drug-likeness (QED) is 0.299. The molecule has 9 nitrogen and oxygen atoms in total. The van der Waals surface area contributed by atoms with Crippen LogP contribution in [0.5, 0.6) is 0 Å². The van der Waals surface area contributed by atoms with Gasteiger partial charge in [0.15, 0.2) is 0 Å². The predicted octanol–water partition coefficient (Wildman–Crippen LogP) is 3.87.